The fourth-order valence-corrected chi connectivity index (χ4v) is 3.03. The lowest BCUT2D eigenvalue weighted by Gasteiger charge is -2.21. The molecule has 0 radical (unpaired) electrons. The van der Waals surface area contributed by atoms with Crippen molar-refractivity contribution in [3.8, 4) is 16.9 Å². The monoisotopic (exact) mass is 275 g/mol. The summed E-state index contributed by atoms with van der Waals surface area (Å²) < 4.78 is 2.02. The van der Waals surface area contributed by atoms with Crippen molar-refractivity contribution in [2.45, 2.75) is 12.8 Å². The quantitative estimate of drug-likeness (QED) is 0.768. The molecule has 1 N–H and O–H groups in total. The average molecular weight is 275 g/mol. The van der Waals surface area contributed by atoms with Crippen LogP contribution in [0.1, 0.15) is 12.0 Å². The maximum absolute atomic E-state index is 4.51. The summed E-state index contributed by atoms with van der Waals surface area (Å²) in [5.41, 5.74) is 6.20. The third-order valence-corrected chi connectivity index (χ3v) is 4.01. The highest BCUT2D eigenvalue weighted by Gasteiger charge is 2.16. The van der Waals surface area contributed by atoms with E-state index >= 15 is 0 Å². The average Bonchev–Trinajstić information content (AvgIpc) is 3.04. The Kier molecular flexibility index (Phi) is 2.96. The molecular weight excluding hydrogens is 258 g/mol. The van der Waals surface area contributed by atoms with Crippen LogP contribution in [0, 0.1) is 0 Å². The van der Waals surface area contributed by atoms with Crippen LogP contribution in [0.4, 0.5) is 5.69 Å². The third-order valence-electron chi connectivity index (χ3n) is 4.01. The van der Waals surface area contributed by atoms with Crippen LogP contribution in [-0.2, 0) is 6.42 Å². The summed E-state index contributed by atoms with van der Waals surface area (Å²) in [5, 5.41) is 8.00. The van der Waals surface area contributed by atoms with Crippen LogP contribution < -0.4 is 5.32 Å². The Labute approximate surface area is 124 Å². The standard InChI is InChI=1S/C18H17N3/c1-2-6-14(7-3-1)21-18(11-13-20-21)16-8-4-10-17-15(16)9-5-12-19-17/h1-4,6-8,10-11,13,19H,5,9,12H2. The molecule has 21 heavy (non-hydrogen) atoms. The number of nitrogens with zero attached hydrogens (tertiary/aromatic N) is 2. The SMILES string of the molecule is c1ccc(-n2nccc2-c2cccc3c2CCCN3)cc1. The summed E-state index contributed by atoms with van der Waals surface area (Å²) in [6, 6.07) is 18.9. The molecule has 0 amide bonds. The van der Waals surface area contributed by atoms with Crippen LogP contribution in [0.5, 0.6) is 0 Å². The minimum atomic E-state index is 1.06. The number of hydrogen-bond donors (Lipinski definition) is 1. The van der Waals surface area contributed by atoms with E-state index in [4.69, 9.17) is 0 Å². The highest BCUT2D eigenvalue weighted by atomic mass is 15.3. The van der Waals surface area contributed by atoms with Gasteiger partial charge in [-0.15, -0.1) is 0 Å². The van der Waals surface area contributed by atoms with E-state index in [0.717, 1.165) is 24.3 Å². The lowest BCUT2D eigenvalue weighted by molar-refractivity contribution is 0.827. The van der Waals surface area contributed by atoms with E-state index in [9.17, 15) is 0 Å². The first kappa shape index (κ1) is 12.2. The number of aromatic nitrogens is 2. The highest BCUT2D eigenvalue weighted by Crippen LogP contribution is 2.33. The Balaban J connectivity index is 1.88. The summed E-state index contributed by atoms with van der Waals surface area (Å²) in [6.45, 7) is 1.06. The molecule has 0 bridgehead atoms. The van der Waals surface area contributed by atoms with Crippen molar-refractivity contribution < 1.29 is 0 Å². The van der Waals surface area contributed by atoms with Crippen molar-refractivity contribution in [1.82, 2.24) is 9.78 Å². The van der Waals surface area contributed by atoms with Gasteiger partial charge in [0.2, 0.25) is 0 Å². The molecule has 3 heteroatoms. The zero-order valence-electron chi connectivity index (χ0n) is 11.8. The van der Waals surface area contributed by atoms with Crippen LogP contribution in [0.2, 0.25) is 0 Å². The molecule has 1 aliphatic heterocycles. The number of hydrogen-bond acceptors (Lipinski definition) is 2. The molecule has 3 aromatic rings. The summed E-state index contributed by atoms with van der Waals surface area (Å²) in [6.07, 6.45) is 4.18. The van der Waals surface area contributed by atoms with Crippen molar-refractivity contribution in [1.29, 1.82) is 0 Å². The van der Waals surface area contributed by atoms with E-state index in [0.29, 0.717) is 0 Å². The first-order valence-corrected chi connectivity index (χ1v) is 7.39. The van der Waals surface area contributed by atoms with E-state index in [1.54, 1.807) is 0 Å². The molecule has 0 atom stereocenters. The maximum Gasteiger partial charge on any atom is 0.0744 e. The van der Waals surface area contributed by atoms with Crippen molar-refractivity contribution in [3.05, 3.63) is 66.4 Å². The molecule has 0 saturated carbocycles. The normalized spacial score (nSPS) is 13.5. The predicted octanol–water partition coefficient (Wildman–Crippen LogP) is 3.90. The fraction of sp³-hybridized carbons (Fsp3) is 0.167. The Bertz CT molecular complexity index is 759. The molecule has 104 valence electrons. The number of fused-ring (bicyclic) bond motifs is 1. The second-order valence-corrected chi connectivity index (χ2v) is 5.33. The first-order valence-electron chi connectivity index (χ1n) is 7.39. The lowest BCUT2D eigenvalue weighted by Crippen LogP contribution is -2.13. The van der Waals surface area contributed by atoms with E-state index in [2.05, 4.69) is 46.8 Å². The first-order chi connectivity index (χ1) is 10.4. The minimum absolute atomic E-state index is 1.06. The molecule has 0 aliphatic carbocycles. The highest BCUT2D eigenvalue weighted by molar-refractivity contribution is 5.73. The largest absolute Gasteiger partial charge is 0.385 e. The van der Waals surface area contributed by atoms with Crippen molar-refractivity contribution in [2.75, 3.05) is 11.9 Å². The predicted molar refractivity (Wildman–Crippen MR) is 85.8 cm³/mol. The maximum atomic E-state index is 4.51. The third kappa shape index (κ3) is 2.11. The van der Waals surface area contributed by atoms with Crippen LogP contribution >= 0.6 is 0 Å². The number of anilines is 1. The van der Waals surface area contributed by atoms with E-state index in [-0.39, 0.29) is 0 Å². The zero-order valence-corrected chi connectivity index (χ0v) is 11.8. The Hall–Kier alpha value is -2.55. The summed E-state index contributed by atoms with van der Waals surface area (Å²) >= 11 is 0. The molecule has 1 aromatic heterocycles. The second kappa shape index (κ2) is 5.09. The number of rotatable bonds is 2. The second-order valence-electron chi connectivity index (χ2n) is 5.33. The number of benzene rings is 2. The van der Waals surface area contributed by atoms with Gasteiger partial charge in [-0.25, -0.2) is 4.68 Å². The van der Waals surface area contributed by atoms with Crippen LogP contribution in [0.3, 0.4) is 0 Å². The summed E-state index contributed by atoms with van der Waals surface area (Å²) in [4.78, 5) is 0. The molecule has 0 saturated heterocycles. The zero-order chi connectivity index (χ0) is 14.1. The van der Waals surface area contributed by atoms with Gasteiger partial charge in [-0.05, 0) is 42.7 Å². The molecule has 2 heterocycles. The molecular formula is C18H17N3. The van der Waals surface area contributed by atoms with Gasteiger partial charge >= 0.3 is 0 Å². The van der Waals surface area contributed by atoms with Gasteiger partial charge < -0.3 is 5.32 Å². The smallest absolute Gasteiger partial charge is 0.0744 e. The van der Waals surface area contributed by atoms with Gasteiger partial charge in [0.15, 0.2) is 0 Å². The topological polar surface area (TPSA) is 29.9 Å². The molecule has 4 rings (SSSR count). The van der Waals surface area contributed by atoms with Crippen molar-refractivity contribution in [2.24, 2.45) is 0 Å². The van der Waals surface area contributed by atoms with Gasteiger partial charge in [-0.2, -0.15) is 5.10 Å². The van der Waals surface area contributed by atoms with Gasteiger partial charge in [0.1, 0.15) is 0 Å². The molecule has 3 nitrogen and oxygen atoms in total. The van der Waals surface area contributed by atoms with Crippen molar-refractivity contribution in [3.63, 3.8) is 0 Å². The van der Waals surface area contributed by atoms with Crippen LogP contribution in [-0.4, -0.2) is 16.3 Å². The number of nitrogens with one attached hydrogen (secondary N) is 1. The van der Waals surface area contributed by atoms with Gasteiger partial charge in [-0.3, -0.25) is 0 Å². The molecule has 2 aromatic carbocycles. The van der Waals surface area contributed by atoms with Gasteiger partial charge in [0.05, 0.1) is 17.6 Å². The van der Waals surface area contributed by atoms with E-state index in [1.807, 2.05) is 29.1 Å². The molecule has 0 unspecified atom stereocenters. The van der Waals surface area contributed by atoms with Crippen LogP contribution in [0.15, 0.2) is 60.8 Å². The fourth-order valence-electron chi connectivity index (χ4n) is 3.03. The minimum Gasteiger partial charge on any atom is -0.385 e. The Morgan fingerprint density at radius 2 is 1.86 bits per heavy atom. The van der Waals surface area contributed by atoms with E-state index in [1.165, 1.54) is 23.2 Å². The Morgan fingerprint density at radius 3 is 2.76 bits per heavy atom. The Morgan fingerprint density at radius 1 is 0.952 bits per heavy atom. The van der Waals surface area contributed by atoms with E-state index < -0.39 is 0 Å². The van der Waals surface area contributed by atoms with Gasteiger partial charge in [0, 0.05) is 17.8 Å². The van der Waals surface area contributed by atoms with Gasteiger partial charge in [-0.1, -0.05) is 30.3 Å². The molecule has 0 spiro atoms. The molecule has 1 aliphatic rings. The summed E-state index contributed by atoms with van der Waals surface area (Å²) in [5.74, 6) is 0. The van der Waals surface area contributed by atoms with Gasteiger partial charge in [0.25, 0.3) is 0 Å². The lowest BCUT2D eigenvalue weighted by atomic mass is 9.95. The summed E-state index contributed by atoms with van der Waals surface area (Å²) in [7, 11) is 0. The number of para-hydroxylation sites is 1. The molecule has 0 fully saturated rings. The van der Waals surface area contributed by atoms with Crippen LogP contribution in [0.25, 0.3) is 16.9 Å². The van der Waals surface area contributed by atoms with Crippen molar-refractivity contribution >= 4 is 5.69 Å².